The summed E-state index contributed by atoms with van der Waals surface area (Å²) in [4.78, 5) is 34.2. The SMILES string of the molecule is COC(=O)[C@@H](Cc1ccc([N+](=O)[O-])cc1)NC(=O)c1ccc(F)c(F)c1. The summed E-state index contributed by atoms with van der Waals surface area (Å²) in [6.45, 7) is 0. The zero-order valence-electron chi connectivity index (χ0n) is 13.6. The summed E-state index contributed by atoms with van der Waals surface area (Å²) >= 11 is 0. The second-order valence-corrected chi connectivity index (χ2v) is 5.31. The van der Waals surface area contributed by atoms with Crippen LogP contribution >= 0.6 is 0 Å². The van der Waals surface area contributed by atoms with Crippen LogP contribution in [0, 0.1) is 21.7 Å². The van der Waals surface area contributed by atoms with Gasteiger partial charge in [0.2, 0.25) is 0 Å². The van der Waals surface area contributed by atoms with Crippen LogP contribution in [0.25, 0.3) is 0 Å². The number of hydrogen-bond acceptors (Lipinski definition) is 5. The van der Waals surface area contributed by atoms with Gasteiger partial charge in [-0.15, -0.1) is 0 Å². The minimum absolute atomic E-state index is 0.0000838. The number of hydrogen-bond donors (Lipinski definition) is 1. The lowest BCUT2D eigenvalue weighted by atomic mass is 10.0. The molecule has 0 bridgehead atoms. The first-order chi connectivity index (χ1) is 12.3. The molecule has 2 rings (SSSR count). The van der Waals surface area contributed by atoms with Gasteiger partial charge in [-0.2, -0.15) is 0 Å². The molecule has 9 heteroatoms. The molecular weight excluding hydrogens is 350 g/mol. The number of halogens is 2. The van der Waals surface area contributed by atoms with E-state index in [2.05, 4.69) is 10.1 Å². The zero-order chi connectivity index (χ0) is 19.3. The topological polar surface area (TPSA) is 98.5 Å². The maximum Gasteiger partial charge on any atom is 0.328 e. The van der Waals surface area contributed by atoms with Crippen molar-refractivity contribution < 1.29 is 28.0 Å². The molecule has 0 unspecified atom stereocenters. The fraction of sp³-hybridized carbons (Fsp3) is 0.176. The fourth-order valence-electron chi connectivity index (χ4n) is 2.20. The molecule has 2 aromatic carbocycles. The summed E-state index contributed by atoms with van der Waals surface area (Å²) in [5, 5.41) is 13.0. The molecule has 1 amide bonds. The smallest absolute Gasteiger partial charge is 0.328 e. The number of nitro benzene ring substituents is 1. The van der Waals surface area contributed by atoms with Crippen LogP contribution in [0.1, 0.15) is 15.9 Å². The highest BCUT2D eigenvalue weighted by Gasteiger charge is 2.23. The van der Waals surface area contributed by atoms with Gasteiger partial charge in [-0.3, -0.25) is 14.9 Å². The van der Waals surface area contributed by atoms with Crippen LogP contribution in [0.4, 0.5) is 14.5 Å². The van der Waals surface area contributed by atoms with E-state index >= 15 is 0 Å². The summed E-state index contributed by atoms with van der Waals surface area (Å²) in [7, 11) is 1.13. The molecule has 0 aromatic heterocycles. The van der Waals surface area contributed by atoms with E-state index in [0.29, 0.717) is 11.6 Å². The molecule has 0 fully saturated rings. The molecule has 0 spiro atoms. The third-order valence-corrected chi connectivity index (χ3v) is 3.56. The number of nitrogens with zero attached hydrogens (tertiary/aromatic N) is 1. The number of methoxy groups -OCH3 is 1. The van der Waals surface area contributed by atoms with Crippen LogP contribution in [0.2, 0.25) is 0 Å². The molecule has 0 aliphatic rings. The number of esters is 1. The van der Waals surface area contributed by atoms with Crippen molar-refractivity contribution in [1.82, 2.24) is 5.32 Å². The Morgan fingerprint density at radius 2 is 1.81 bits per heavy atom. The standard InChI is InChI=1S/C17H14F2N2O5/c1-26-17(23)15(8-10-2-5-12(6-3-10)21(24)25)20-16(22)11-4-7-13(18)14(19)9-11/h2-7,9,15H,8H2,1H3,(H,20,22)/t15-/m1/s1. The Morgan fingerprint density at radius 3 is 2.35 bits per heavy atom. The molecule has 0 aliphatic heterocycles. The maximum absolute atomic E-state index is 13.2. The number of nitrogens with one attached hydrogen (secondary N) is 1. The number of amides is 1. The molecule has 0 saturated heterocycles. The first kappa shape index (κ1) is 19.0. The predicted molar refractivity (Wildman–Crippen MR) is 86.4 cm³/mol. The van der Waals surface area contributed by atoms with Crippen LogP contribution in [-0.2, 0) is 16.0 Å². The molecule has 0 aliphatic carbocycles. The molecule has 0 saturated carbocycles. The largest absolute Gasteiger partial charge is 0.467 e. The van der Waals surface area contributed by atoms with Gasteiger partial charge in [-0.05, 0) is 23.8 Å². The van der Waals surface area contributed by atoms with Crippen molar-refractivity contribution in [2.24, 2.45) is 0 Å². The van der Waals surface area contributed by atoms with Crippen molar-refractivity contribution in [1.29, 1.82) is 0 Å². The van der Waals surface area contributed by atoms with Crippen molar-refractivity contribution >= 4 is 17.6 Å². The number of non-ortho nitro benzene ring substituents is 1. The Morgan fingerprint density at radius 1 is 1.15 bits per heavy atom. The van der Waals surface area contributed by atoms with Gasteiger partial charge in [-0.1, -0.05) is 12.1 Å². The second-order valence-electron chi connectivity index (χ2n) is 5.31. The summed E-state index contributed by atoms with van der Waals surface area (Å²) in [5.41, 5.74) is 0.257. The fourth-order valence-corrected chi connectivity index (χ4v) is 2.20. The molecule has 7 nitrogen and oxygen atoms in total. The first-order valence-corrected chi connectivity index (χ1v) is 7.39. The van der Waals surface area contributed by atoms with Crippen LogP contribution in [0.3, 0.4) is 0 Å². The van der Waals surface area contributed by atoms with Gasteiger partial charge in [0.25, 0.3) is 11.6 Å². The van der Waals surface area contributed by atoms with E-state index < -0.39 is 34.5 Å². The van der Waals surface area contributed by atoms with Crippen molar-refractivity contribution in [3.63, 3.8) is 0 Å². The van der Waals surface area contributed by atoms with E-state index in [0.717, 1.165) is 19.2 Å². The lowest BCUT2D eigenvalue weighted by molar-refractivity contribution is -0.384. The second kappa shape index (κ2) is 8.15. The van der Waals surface area contributed by atoms with E-state index in [1.54, 1.807) is 0 Å². The molecule has 26 heavy (non-hydrogen) atoms. The third kappa shape index (κ3) is 4.59. The van der Waals surface area contributed by atoms with Gasteiger partial charge in [0, 0.05) is 24.1 Å². The summed E-state index contributed by atoms with van der Waals surface area (Å²) in [6, 6.07) is 6.89. The van der Waals surface area contributed by atoms with Crippen LogP contribution in [-0.4, -0.2) is 30.0 Å². The van der Waals surface area contributed by atoms with Crippen molar-refractivity contribution in [2.45, 2.75) is 12.5 Å². The molecule has 0 radical (unpaired) electrons. The highest BCUT2D eigenvalue weighted by Crippen LogP contribution is 2.14. The monoisotopic (exact) mass is 364 g/mol. The molecular formula is C17H14F2N2O5. The van der Waals surface area contributed by atoms with E-state index in [9.17, 15) is 28.5 Å². The van der Waals surface area contributed by atoms with E-state index in [1.807, 2.05) is 0 Å². The average molecular weight is 364 g/mol. The summed E-state index contributed by atoms with van der Waals surface area (Å²) < 4.78 is 30.8. The van der Waals surface area contributed by atoms with Gasteiger partial charge in [0.05, 0.1) is 12.0 Å². The Labute approximate surface area is 146 Å². The molecule has 1 N–H and O–H groups in total. The molecule has 0 heterocycles. The van der Waals surface area contributed by atoms with Gasteiger partial charge < -0.3 is 10.1 Å². The van der Waals surface area contributed by atoms with E-state index in [-0.39, 0.29) is 17.7 Å². The minimum atomic E-state index is -1.19. The Balaban J connectivity index is 2.16. The Bertz CT molecular complexity index is 840. The van der Waals surface area contributed by atoms with Gasteiger partial charge >= 0.3 is 5.97 Å². The van der Waals surface area contributed by atoms with Gasteiger partial charge in [0.15, 0.2) is 11.6 Å². The summed E-state index contributed by atoms with van der Waals surface area (Å²) in [6.07, 6.45) is 0.0000838. The number of carbonyl (C=O) groups excluding carboxylic acids is 2. The lowest BCUT2D eigenvalue weighted by Gasteiger charge is -2.16. The lowest BCUT2D eigenvalue weighted by Crippen LogP contribution is -2.43. The quantitative estimate of drug-likeness (QED) is 0.482. The maximum atomic E-state index is 13.2. The number of rotatable bonds is 6. The first-order valence-electron chi connectivity index (χ1n) is 7.39. The van der Waals surface area contributed by atoms with E-state index in [1.165, 1.54) is 24.3 Å². The third-order valence-electron chi connectivity index (χ3n) is 3.56. The number of carbonyl (C=O) groups is 2. The normalized spacial score (nSPS) is 11.5. The number of benzene rings is 2. The molecule has 136 valence electrons. The van der Waals surface area contributed by atoms with Crippen LogP contribution < -0.4 is 5.32 Å². The minimum Gasteiger partial charge on any atom is -0.467 e. The zero-order valence-corrected chi connectivity index (χ0v) is 13.6. The molecule has 1 atom stereocenters. The van der Waals surface area contributed by atoms with E-state index in [4.69, 9.17) is 0 Å². The summed E-state index contributed by atoms with van der Waals surface area (Å²) in [5.74, 6) is -3.83. The Hall–Kier alpha value is -3.36. The average Bonchev–Trinajstić information content (AvgIpc) is 2.63. The highest BCUT2D eigenvalue weighted by atomic mass is 19.2. The van der Waals surface area contributed by atoms with Gasteiger partial charge in [0.1, 0.15) is 6.04 Å². The molecule has 2 aromatic rings. The van der Waals surface area contributed by atoms with Gasteiger partial charge in [-0.25, -0.2) is 13.6 Å². The number of ether oxygens (including phenoxy) is 1. The Kier molecular flexibility index (Phi) is 5.94. The van der Waals surface area contributed by atoms with Crippen LogP contribution in [0.15, 0.2) is 42.5 Å². The van der Waals surface area contributed by atoms with Crippen molar-refractivity contribution in [3.05, 3.63) is 75.3 Å². The predicted octanol–water partition coefficient (Wildman–Crippen LogP) is 2.39. The van der Waals surface area contributed by atoms with Crippen LogP contribution in [0.5, 0.6) is 0 Å². The number of nitro groups is 1. The van der Waals surface area contributed by atoms with Crippen molar-refractivity contribution in [2.75, 3.05) is 7.11 Å². The highest BCUT2D eigenvalue weighted by molar-refractivity contribution is 5.96. The van der Waals surface area contributed by atoms with Crippen molar-refractivity contribution in [3.8, 4) is 0 Å².